The molecule has 2 amide bonds. The van der Waals surface area contributed by atoms with Gasteiger partial charge in [0.1, 0.15) is 13.1 Å². The second-order valence-electron chi connectivity index (χ2n) is 5.00. The summed E-state index contributed by atoms with van der Waals surface area (Å²) in [4.78, 5) is 25.5. The van der Waals surface area contributed by atoms with Gasteiger partial charge in [-0.3, -0.25) is 9.59 Å². The van der Waals surface area contributed by atoms with Crippen LogP contribution in [-0.4, -0.2) is 55.0 Å². The third-order valence-electron chi connectivity index (χ3n) is 2.90. The number of carbonyl (C=O) groups excluding carboxylic acids is 2. The fourth-order valence-electron chi connectivity index (χ4n) is 1.70. The van der Waals surface area contributed by atoms with Crippen LogP contribution in [0, 0.1) is 6.92 Å². The van der Waals surface area contributed by atoms with Gasteiger partial charge in [-0.15, -0.1) is 0 Å². The maximum Gasteiger partial charge on any atom is 0.406 e. The predicted octanol–water partition coefficient (Wildman–Crippen LogP) is 2.74. The minimum Gasteiger partial charge on any atom is -0.347 e. The van der Waals surface area contributed by atoms with Gasteiger partial charge in [-0.2, -0.15) is 13.2 Å². The summed E-state index contributed by atoms with van der Waals surface area (Å²) in [5, 5.41) is 0.0805. The molecule has 0 heterocycles. The standard InChI is InChI=1S/C14H16ClF3N2O2/c1-9-5-4-6-10(12(9)15)13(22)20(8-14(16,17)18)7-11(21)19(2)3/h4-6H,7-8H2,1-3H3. The summed E-state index contributed by atoms with van der Waals surface area (Å²) in [6.45, 7) is -0.552. The highest BCUT2D eigenvalue weighted by atomic mass is 35.5. The molecule has 0 aliphatic heterocycles. The lowest BCUT2D eigenvalue weighted by molar-refractivity contribution is -0.146. The van der Waals surface area contributed by atoms with E-state index in [0.717, 1.165) is 4.90 Å². The molecule has 0 radical (unpaired) electrons. The van der Waals surface area contributed by atoms with Crippen LogP contribution in [0.5, 0.6) is 0 Å². The van der Waals surface area contributed by atoms with Gasteiger partial charge in [0, 0.05) is 14.1 Å². The number of carbonyl (C=O) groups is 2. The maximum absolute atomic E-state index is 12.7. The third-order valence-corrected chi connectivity index (χ3v) is 3.41. The molecule has 1 aromatic carbocycles. The first-order valence-corrected chi connectivity index (χ1v) is 6.72. The molecule has 22 heavy (non-hydrogen) atoms. The normalized spacial score (nSPS) is 11.2. The average molecular weight is 337 g/mol. The smallest absolute Gasteiger partial charge is 0.347 e. The fraction of sp³-hybridized carbons (Fsp3) is 0.429. The topological polar surface area (TPSA) is 40.6 Å². The van der Waals surface area contributed by atoms with Gasteiger partial charge in [-0.05, 0) is 18.6 Å². The SMILES string of the molecule is Cc1cccc(C(=O)N(CC(=O)N(C)C)CC(F)(F)F)c1Cl. The van der Waals surface area contributed by atoms with Crippen LogP contribution in [-0.2, 0) is 4.79 Å². The molecule has 0 N–H and O–H groups in total. The van der Waals surface area contributed by atoms with Crippen molar-refractivity contribution < 1.29 is 22.8 Å². The molecule has 1 rings (SSSR count). The van der Waals surface area contributed by atoms with E-state index in [0.29, 0.717) is 10.5 Å². The van der Waals surface area contributed by atoms with Crippen molar-refractivity contribution in [2.24, 2.45) is 0 Å². The van der Waals surface area contributed by atoms with Crippen LogP contribution in [0.25, 0.3) is 0 Å². The molecule has 8 heteroatoms. The summed E-state index contributed by atoms with van der Waals surface area (Å²) in [6.07, 6.45) is -4.61. The summed E-state index contributed by atoms with van der Waals surface area (Å²) < 4.78 is 38.0. The van der Waals surface area contributed by atoms with E-state index in [4.69, 9.17) is 11.6 Å². The third kappa shape index (κ3) is 4.91. The van der Waals surface area contributed by atoms with Gasteiger partial charge in [0.05, 0.1) is 10.6 Å². The Hall–Kier alpha value is -1.76. The number of rotatable bonds is 4. The van der Waals surface area contributed by atoms with Crippen LogP contribution in [0.1, 0.15) is 15.9 Å². The largest absolute Gasteiger partial charge is 0.406 e. The van der Waals surface area contributed by atoms with Gasteiger partial charge in [-0.25, -0.2) is 0 Å². The molecule has 0 aromatic heterocycles. The van der Waals surface area contributed by atoms with Crippen molar-refractivity contribution in [3.63, 3.8) is 0 Å². The zero-order valence-corrected chi connectivity index (χ0v) is 13.1. The monoisotopic (exact) mass is 336 g/mol. The van der Waals surface area contributed by atoms with Crippen molar-refractivity contribution >= 4 is 23.4 Å². The predicted molar refractivity (Wildman–Crippen MR) is 76.8 cm³/mol. The van der Waals surface area contributed by atoms with Gasteiger partial charge < -0.3 is 9.80 Å². The van der Waals surface area contributed by atoms with Crippen molar-refractivity contribution in [3.8, 4) is 0 Å². The second kappa shape index (κ2) is 7.00. The Labute approximate surface area is 131 Å². The molecule has 0 unspecified atom stereocenters. The molecule has 0 fully saturated rings. The average Bonchev–Trinajstić information content (AvgIpc) is 2.38. The number of hydrogen-bond acceptors (Lipinski definition) is 2. The lowest BCUT2D eigenvalue weighted by Crippen LogP contribution is -2.45. The Morgan fingerprint density at radius 2 is 1.82 bits per heavy atom. The molecule has 0 aliphatic carbocycles. The molecule has 0 aliphatic rings. The highest BCUT2D eigenvalue weighted by Gasteiger charge is 2.35. The van der Waals surface area contributed by atoms with E-state index in [2.05, 4.69) is 0 Å². The lowest BCUT2D eigenvalue weighted by atomic mass is 10.1. The van der Waals surface area contributed by atoms with Crippen molar-refractivity contribution in [2.75, 3.05) is 27.2 Å². The van der Waals surface area contributed by atoms with Gasteiger partial charge in [0.15, 0.2) is 0 Å². The number of hydrogen-bond donors (Lipinski definition) is 0. The number of nitrogens with zero attached hydrogens (tertiary/aromatic N) is 2. The van der Waals surface area contributed by atoms with Crippen LogP contribution in [0.15, 0.2) is 18.2 Å². The van der Waals surface area contributed by atoms with Gasteiger partial charge >= 0.3 is 6.18 Å². The molecule has 0 bridgehead atoms. The zero-order chi connectivity index (χ0) is 17.1. The van der Waals surface area contributed by atoms with E-state index in [-0.39, 0.29) is 10.6 Å². The molecule has 0 spiro atoms. The number of amides is 2. The van der Waals surface area contributed by atoms with E-state index in [1.807, 2.05) is 0 Å². The highest BCUT2D eigenvalue weighted by molar-refractivity contribution is 6.34. The van der Waals surface area contributed by atoms with Crippen molar-refractivity contribution in [1.82, 2.24) is 9.80 Å². The van der Waals surface area contributed by atoms with Crippen LogP contribution in [0.3, 0.4) is 0 Å². The minimum absolute atomic E-state index is 0.0579. The Balaban J connectivity index is 3.11. The molecular formula is C14H16ClF3N2O2. The Bertz CT molecular complexity index is 574. The Morgan fingerprint density at radius 1 is 1.23 bits per heavy atom. The first-order valence-electron chi connectivity index (χ1n) is 6.34. The molecule has 0 saturated carbocycles. The molecule has 0 atom stereocenters. The van der Waals surface area contributed by atoms with Crippen LogP contribution >= 0.6 is 11.6 Å². The molecule has 122 valence electrons. The van der Waals surface area contributed by atoms with E-state index in [1.54, 1.807) is 13.0 Å². The summed E-state index contributed by atoms with van der Waals surface area (Å²) in [6, 6.07) is 4.49. The fourth-order valence-corrected chi connectivity index (χ4v) is 1.91. The number of halogens is 4. The van der Waals surface area contributed by atoms with Gasteiger partial charge in [0.2, 0.25) is 5.91 Å². The minimum atomic E-state index is -4.61. The number of benzene rings is 1. The van der Waals surface area contributed by atoms with E-state index in [1.165, 1.54) is 26.2 Å². The second-order valence-corrected chi connectivity index (χ2v) is 5.38. The van der Waals surface area contributed by atoms with E-state index < -0.39 is 31.1 Å². The summed E-state index contributed by atoms with van der Waals surface area (Å²) in [5.41, 5.74) is 0.510. The van der Waals surface area contributed by atoms with E-state index >= 15 is 0 Å². The van der Waals surface area contributed by atoms with Crippen LogP contribution in [0.4, 0.5) is 13.2 Å². The van der Waals surface area contributed by atoms with E-state index in [9.17, 15) is 22.8 Å². The molecular weight excluding hydrogens is 321 g/mol. The first-order chi connectivity index (χ1) is 10.0. The first kappa shape index (κ1) is 18.3. The van der Waals surface area contributed by atoms with Crippen LogP contribution in [0.2, 0.25) is 5.02 Å². The summed E-state index contributed by atoms with van der Waals surface area (Å²) in [5.74, 6) is -1.54. The maximum atomic E-state index is 12.7. The molecule has 0 saturated heterocycles. The quantitative estimate of drug-likeness (QED) is 0.848. The zero-order valence-electron chi connectivity index (χ0n) is 12.4. The molecule has 4 nitrogen and oxygen atoms in total. The highest BCUT2D eigenvalue weighted by Crippen LogP contribution is 2.24. The Morgan fingerprint density at radius 3 is 2.32 bits per heavy atom. The number of aryl methyl sites for hydroxylation is 1. The summed E-state index contributed by atoms with van der Waals surface area (Å²) in [7, 11) is 2.80. The molecule has 1 aromatic rings. The summed E-state index contributed by atoms with van der Waals surface area (Å²) >= 11 is 5.98. The lowest BCUT2D eigenvalue weighted by Gasteiger charge is -2.25. The van der Waals surface area contributed by atoms with Gasteiger partial charge in [0.25, 0.3) is 5.91 Å². The number of alkyl halides is 3. The van der Waals surface area contributed by atoms with Crippen molar-refractivity contribution in [1.29, 1.82) is 0 Å². The van der Waals surface area contributed by atoms with Crippen molar-refractivity contribution in [2.45, 2.75) is 13.1 Å². The number of likely N-dealkylation sites (N-methyl/N-ethyl adjacent to an activating group) is 1. The van der Waals surface area contributed by atoms with Crippen LogP contribution < -0.4 is 0 Å². The van der Waals surface area contributed by atoms with Crippen molar-refractivity contribution in [3.05, 3.63) is 34.3 Å². The Kier molecular flexibility index (Phi) is 5.82. The van der Waals surface area contributed by atoms with Gasteiger partial charge in [-0.1, -0.05) is 23.7 Å².